The molecule has 2 rings (SSSR count). The van der Waals surface area contributed by atoms with Crippen LogP contribution in [0.25, 0.3) is 6.08 Å². The highest BCUT2D eigenvalue weighted by Gasteiger charge is 2.09. The van der Waals surface area contributed by atoms with Gasteiger partial charge in [-0.25, -0.2) is 0 Å². The Bertz CT molecular complexity index is 726. The van der Waals surface area contributed by atoms with Gasteiger partial charge in [0.1, 0.15) is 0 Å². The summed E-state index contributed by atoms with van der Waals surface area (Å²) in [5.74, 6) is -0.898. The van der Waals surface area contributed by atoms with E-state index in [-0.39, 0.29) is 0 Å². The molecule has 0 heterocycles. The summed E-state index contributed by atoms with van der Waals surface area (Å²) in [5, 5.41) is 0.324. The van der Waals surface area contributed by atoms with Crippen molar-refractivity contribution in [3.05, 3.63) is 76.3 Å². The van der Waals surface area contributed by atoms with Crippen molar-refractivity contribution < 1.29 is 9.59 Å². The molecule has 0 aliphatic rings. The number of halogens is 1. The van der Waals surface area contributed by atoms with Gasteiger partial charge in [-0.2, -0.15) is 0 Å². The van der Waals surface area contributed by atoms with Gasteiger partial charge in [-0.05, 0) is 30.7 Å². The predicted molar refractivity (Wildman–Crippen MR) is 87.3 cm³/mol. The Balaban J connectivity index is 1.90. The molecule has 4 nitrogen and oxygen atoms in total. The normalized spacial score (nSPS) is 10.5. The minimum atomic E-state index is -0.470. The van der Waals surface area contributed by atoms with E-state index in [2.05, 4.69) is 10.9 Å². The summed E-state index contributed by atoms with van der Waals surface area (Å²) < 4.78 is 0. The van der Waals surface area contributed by atoms with Crippen LogP contribution in [0.3, 0.4) is 0 Å². The van der Waals surface area contributed by atoms with Gasteiger partial charge in [-0.15, -0.1) is 0 Å². The van der Waals surface area contributed by atoms with Crippen molar-refractivity contribution in [2.75, 3.05) is 0 Å². The van der Waals surface area contributed by atoms with Gasteiger partial charge in [-0.1, -0.05) is 53.6 Å². The van der Waals surface area contributed by atoms with Gasteiger partial charge < -0.3 is 0 Å². The molecule has 0 saturated carbocycles. The van der Waals surface area contributed by atoms with Gasteiger partial charge in [0.2, 0.25) is 0 Å². The van der Waals surface area contributed by atoms with Crippen molar-refractivity contribution in [1.29, 1.82) is 0 Å². The lowest BCUT2D eigenvalue weighted by atomic mass is 10.1. The molecule has 0 spiro atoms. The number of benzene rings is 2. The molecule has 0 fully saturated rings. The fourth-order valence-corrected chi connectivity index (χ4v) is 2.04. The largest absolute Gasteiger partial charge is 0.271 e. The van der Waals surface area contributed by atoms with Gasteiger partial charge in [0.05, 0.1) is 10.6 Å². The molecule has 5 heteroatoms. The molecule has 0 unspecified atom stereocenters. The molecule has 22 heavy (non-hydrogen) atoms. The van der Waals surface area contributed by atoms with Crippen LogP contribution in [-0.4, -0.2) is 11.8 Å². The Kier molecular flexibility index (Phi) is 5.33. The van der Waals surface area contributed by atoms with Crippen LogP contribution >= 0.6 is 11.6 Å². The average molecular weight is 315 g/mol. The lowest BCUT2D eigenvalue weighted by molar-refractivity contribution is -0.117. The van der Waals surface area contributed by atoms with Gasteiger partial charge in [-0.3, -0.25) is 20.4 Å². The van der Waals surface area contributed by atoms with Crippen LogP contribution < -0.4 is 10.9 Å². The van der Waals surface area contributed by atoms with Gasteiger partial charge in [0, 0.05) is 6.08 Å². The summed E-state index contributed by atoms with van der Waals surface area (Å²) >= 11 is 5.90. The molecule has 2 aromatic rings. The predicted octanol–water partition coefficient (Wildman–Crippen LogP) is 3.12. The van der Waals surface area contributed by atoms with Crippen LogP contribution in [0.5, 0.6) is 0 Å². The summed E-state index contributed by atoms with van der Waals surface area (Å²) in [6, 6.07) is 14.3. The van der Waals surface area contributed by atoms with Gasteiger partial charge in [0.25, 0.3) is 11.8 Å². The molecule has 0 aliphatic heterocycles. The van der Waals surface area contributed by atoms with Crippen molar-refractivity contribution in [2.24, 2.45) is 0 Å². The molecule has 0 atom stereocenters. The number of hydrogen-bond acceptors (Lipinski definition) is 2. The molecular weight excluding hydrogens is 300 g/mol. The number of hydrazine groups is 1. The number of rotatable bonds is 3. The van der Waals surface area contributed by atoms with Crippen LogP contribution in [0.1, 0.15) is 21.5 Å². The van der Waals surface area contributed by atoms with Gasteiger partial charge in [0.15, 0.2) is 0 Å². The fraction of sp³-hybridized carbons (Fsp3) is 0.0588. The van der Waals surface area contributed by atoms with E-state index in [0.29, 0.717) is 10.6 Å². The number of carbonyl (C=O) groups excluding carboxylic acids is 2. The molecule has 112 valence electrons. The summed E-state index contributed by atoms with van der Waals surface area (Å²) in [4.78, 5) is 23.5. The lowest BCUT2D eigenvalue weighted by Crippen LogP contribution is -2.40. The Morgan fingerprint density at radius 2 is 1.82 bits per heavy atom. The third-order valence-electron chi connectivity index (χ3n) is 2.89. The highest BCUT2D eigenvalue weighted by atomic mass is 35.5. The van der Waals surface area contributed by atoms with Crippen LogP contribution in [0, 0.1) is 6.92 Å². The van der Waals surface area contributed by atoms with Crippen molar-refractivity contribution in [3.8, 4) is 0 Å². The fourth-order valence-electron chi connectivity index (χ4n) is 1.82. The molecule has 2 N–H and O–H groups in total. The quantitative estimate of drug-likeness (QED) is 0.675. The van der Waals surface area contributed by atoms with E-state index in [4.69, 9.17) is 11.6 Å². The lowest BCUT2D eigenvalue weighted by Gasteiger charge is -2.06. The highest BCUT2D eigenvalue weighted by Crippen LogP contribution is 2.14. The molecule has 0 radical (unpaired) electrons. The summed E-state index contributed by atoms with van der Waals surface area (Å²) in [5.41, 5.74) is 6.94. The van der Waals surface area contributed by atoms with Crippen molar-refractivity contribution >= 4 is 29.5 Å². The smallest absolute Gasteiger partial charge is 0.268 e. The van der Waals surface area contributed by atoms with E-state index in [0.717, 1.165) is 11.1 Å². The zero-order valence-electron chi connectivity index (χ0n) is 12.0. The number of hydrogen-bond donors (Lipinski definition) is 2. The molecule has 2 aromatic carbocycles. The maximum atomic E-state index is 11.9. The minimum absolute atomic E-state index is 0.298. The van der Waals surface area contributed by atoms with Crippen LogP contribution in [0.15, 0.2) is 54.6 Å². The Morgan fingerprint density at radius 3 is 2.55 bits per heavy atom. The van der Waals surface area contributed by atoms with Crippen molar-refractivity contribution in [2.45, 2.75) is 6.92 Å². The molecule has 0 bridgehead atoms. The third kappa shape index (κ3) is 4.46. The molecule has 0 saturated heterocycles. The number of amides is 2. The summed E-state index contributed by atoms with van der Waals surface area (Å²) in [6.45, 7) is 1.97. The second kappa shape index (κ2) is 7.43. The average Bonchev–Trinajstić information content (AvgIpc) is 2.51. The number of nitrogens with one attached hydrogen (secondary N) is 2. The number of aryl methyl sites for hydroxylation is 1. The van der Waals surface area contributed by atoms with E-state index >= 15 is 0 Å². The van der Waals surface area contributed by atoms with Crippen LogP contribution in [0.2, 0.25) is 5.02 Å². The highest BCUT2D eigenvalue weighted by molar-refractivity contribution is 6.33. The summed E-state index contributed by atoms with van der Waals surface area (Å²) in [6.07, 6.45) is 3.02. The van der Waals surface area contributed by atoms with Gasteiger partial charge >= 0.3 is 0 Å². The van der Waals surface area contributed by atoms with E-state index in [1.807, 2.05) is 31.2 Å². The van der Waals surface area contributed by atoms with E-state index in [1.54, 1.807) is 30.3 Å². The molecule has 0 aliphatic carbocycles. The monoisotopic (exact) mass is 314 g/mol. The summed E-state index contributed by atoms with van der Waals surface area (Å²) in [7, 11) is 0. The van der Waals surface area contributed by atoms with E-state index in [1.165, 1.54) is 6.08 Å². The molecule has 2 amide bonds. The first-order chi connectivity index (χ1) is 10.6. The minimum Gasteiger partial charge on any atom is -0.268 e. The topological polar surface area (TPSA) is 58.2 Å². The first-order valence-electron chi connectivity index (χ1n) is 6.66. The number of carbonyl (C=O) groups is 2. The van der Waals surface area contributed by atoms with Crippen LogP contribution in [-0.2, 0) is 4.79 Å². The maximum absolute atomic E-state index is 11.9. The Labute approximate surface area is 133 Å². The third-order valence-corrected chi connectivity index (χ3v) is 3.22. The zero-order chi connectivity index (χ0) is 15.9. The van der Waals surface area contributed by atoms with Crippen LogP contribution in [0.4, 0.5) is 0 Å². The Hall–Kier alpha value is -2.59. The first-order valence-corrected chi connectivity index (χ1v) is 7.03. The molecular formula is C17H15ClN2O2. The zero-order valence-corrected chi connectivity index (χ0v) is 12.7. The maximum Gasteiger partial charge on any atom is 0.271 e. The van der Waals surface area contributed by atoms with E-state index in [9.17, 15) is 9.59 Å². The van der Waals surface area contributed by atoms with Crippen molar-refractivity contribution in [3.63, 3.8) is 0 Å². The standard InChI is InChI=1S/C17H15ClN2O2/c1-12-5-4-6-13(11-12)9-10-16(21)19-20-17(22)14-7-2-3-8-15(14)18/h2-11H,1H3,(H,19,21)(H,20,22)/b10-9+. The van der Waals surface area contributed by atoms with E-state index < -0.39 is 11.8 Å². The second-order valence-electron chi connectivity index (χ2n) is 4.67. The SMILES string of the molecule is Cc1cccc(/C=C/C(=O)NNC(=O)c2ccccc2Cl)c1. The first kappa shape index (κ1) is 15.8. The second-order valence-corrected chi connectivity index (χ2v) is 5.08. The molecule has 0 aromatic heterocycles. The Morgan fingerprint density at radius 1 is 1.05 bits per heavy atom. The van der Waals surface area contributed by atoms with Crippen molar-refractivity contribution in [1.82, 2.24) is 10.9 Å².